The third-order valence-corrected chi connectivity index (χ3v) is 3.38. The monoisotopic (exact) mass is 296 g/mol. The zero-order chi connectivity index (χ0) is 14.5. The Balaban J connectivity index is 2.01. The summed E-state index contributed by atoms with van der Waals surface area (Å²) in [6, 6.07) is 7.19. The maximum absolute atomic E-state index is 13.3. The van der Waals surface area contributed by atoms with Gasteiger partial charge in [0.2, 0.25) is 5.82 Å². The van der Waals surface area contributed by atoms with Crippen LogP contribution in [0.5, 0.6) is 5.75 Å². The van der Waals surface area contributed by atoms with E-state index in [1.54, 1.807) is 12.1 Å². The Morgan fingerprint density at radius 1 is 1.30 bits per heavy atom. The molecule has 20 heavy (non-hydrogen) atoms. The van der Waals surface area contributed by atoms with E-state index < -0.39 is 17.6 Å². The quantitative estimate of drug-likeness (QED) is 0.856. The average molecular weight is 296 g/mol. The molecule has 2 aromatic rings. The zero-order valence-electron chi connectivity index (χ0n) is 10.2. The van der Waals surface area contributed by atoms with Crippen LogP contribution in [0.2, 0.25) is 0 Å². The van der Waals surface area contributed by atoms with Gasteiger partial charge in [-0.15, -0.1) is 11.3 Å². The van der Waals surface area contributed by atoms with E-state index in [0.717, 1.165) is 21.9 Å². The molecule has 1 N–H and O–H groups in total. The normalized spacial score (nSPS) is 10.9. The van der Waals surface area contributed by atoms with Crippen LogP contribution in [-0.2, 0) is 11.4 Å². The van der Waals surface area contributed by atoms with Gasteiger partial charge in [-0.3, -0.25) is 0 Å². The molecular weight excluding hydrogens is 286 g/mol. The lowest BCUT2D eigenvalue weighted by atomic mass is 10.3. The molecule has 1 aromatic carbocycles. The van der Waals surface area contributed by atoms with Gasteiger partial charge in [0.25, 0.3) is 0 Å². The van der Waals surface area contributed by atoms with Crippen molar-refractivity contribution in [3.8, 4) is 5.75 Å². The summed E-state index contributed by atoms with van der Waals surface area (Å²) in [5.41, 5.74) is 0. The van der Waals surface area contributed by atoms with Gasteiger partial charge in [0.15, 0.2) is 11.6 Å². The fraction of sp³-hybridized carbons (Fsp3) is 0.0714. The summed E-state index contributed by atoms with van der Waals surface area (Å²) in [5.74, 6) is -3.16. The maximum Gasteiger partial charge on any atom is 0.328 e. The molecule has 1 aromatic heterocycles. The molecule has 0 aliphatic carbocycles. The van der Waals surface area contributed by atoms with Crippen LogP contribution in [0.4, 0.5) is 8.78 Å². The minimum Gasteiger partial charge on any atom is -0.485 e. The Bertz CT molecular complexity index is 650. The number of thiophene rings is 1. The Hall–Kier alpha value is -2.21. The number of rotatable bonds is 5. The van der Waals surface area contributed by atoms with Gasteiger partial charge in [0.05, 0.1) is 0 Å². The van der Waals surface area contributed by atoms with Crippen LogP contribution in [0.3, 0.4) is 0 Å². The minimum atomic E-state index is -1.03. The number of benzene rings is 1. The first kappa shape index (κ1) is 14.2. The highest BCUT2D eigenvalue weighted by Crippen LogP contribution is 2.23. The second-order valence-corrected chi connectivity index (χ2v) is 5.02. The van der Waals surface area contributed by atoms with Crippen molar-refractivity contribution < 1.29 is 23.4 Å². The Morgan fingerprint density at radius 3 is 2.85 bits per heavy atom. The van der Waals surface area contributed by atoms with Crippen molar-refractivity contribution >= 4 is 23.4 Å². The molecule has 0 amide bonds. The summed E-state index contributed by atoms with van der Waals surface area (Å²) >= 11 is 1.31. The summed E-state index contributed by atoms with van der Waals surface area (Å²) in [4.78, 5) is 11.9. The molecule has 2 rings (SSSR count). The molecule has 0 saturated carbocycles. The lowest BCUT2D eigenvalue weighted by Gasteiger charge is -2.05. The van der Waals surface area contributed by atoms with Crippen LogP contribution < -0.4 is 4.74 Å². The predicted molar refractivity (Wildman–Crippen MR) is 71.7 cm³/mol. The summed E-state index contributed by atoms with van der Waals surface area (Å²) < 4.78 is 31.5. The van der Waals surface area contributed by atoms with Crippen LogP contribution in [0.15, 0.2) is 36.4 Å². The fourth-order valence-electron chi connectivity index (χ4n) is 1.46. The molecule has 3 nitrogen and oxygen atoms in total. The third kappa shape index (κ3) is 3.64. The van der Waals surface area contributed by atoms with E-state index >= 15 is 0 Å². The van der Waals surface area contributed by atoms with Crippen LogP contribution >= 0.6 is 11.3 Å². The molecule has 0 atom stereocenters. The first-order valence-electron chi connectivity index (χ1n) is 5.63. The molecule has 0 saturated heterocycles. The maximum atomic E-state index is 13.3. The summed E-state index contributed by atoms with van der Waals surface area (Å²) in [7, 11) is 0. The topological polar surface area (TPSA) is 46.5 Å². The lowest BCUT2D eigenvalue weighted by molar-refractivity contribution is -0.131. The average Bonchev–Trinajstić information content (AvgIpc) is 2.86. The Kier molecular flexibility index (Phi) is 4.47. The second kappa shape index (κ2) is 6.29. The van der Waals surface area contributed by atoms with E-state index in [-0.39, 0.29) is 12.4 Å². The van der Waals surface area contributed by atoms with E-state index in [1.807, 2.05) is 0 Å². The van der Waals surface area contributed by atoms with Crippen LogP contribution in [0.25, 0.3) is 6.08 Å². The fourth-order valence-corrected chi connectivity index (χ4v) is 2.29. The summed E-state index contributed by atoms with van der Waals surface area (Å²) in [6.45, 7) is 0.0892. The number of ether oxygens (including phenoxy) is 1. The highest BCUT2D eigenvalue weighted by Gasteiger charge is 2.09. The number of carbonyl (C=O) groups is 1. The number of hydrogen-bond acceptors (Lipinski definition) is 3. The van der Waals surface area contributed by atoms with Gasteiger partial charge in [-0.25, -0.2) is 9.18 Å². The minimum absolute atomic E-state index is 0.0892. The van der Waals surface area contributed by atoms with Crippen molar-refractivity contribution in [2.24, 2.45) is 0 Å². The van der Waals surface area contributed by atoms with E-state index in [4.69, 9.17) is 9.84 Å². The SMILES string of the molecule is O=C(O)C=Cc1ccc(COc2cccc(F)c2F)s1. The highest BCUT2D eigenvalue weighted by atomic mass is 32.1. The first-order chi connectivity index (χ1) is 9.56. The van der Waals surface area contributed by atoms with E-state index in [2.05, 4.69) is 0 Å². The van der Waals surface area contributed by atoms with Crippen molar-refractivity contribution in [3.05, 3.63) is 57.8 Å². The molecule has 0 fully saturated rings. The number of halogens is 2. The predicted octanol–water partition coefficient (Wildman–Crippen LogP) is 3.70. The summed E-state index contributed by atoms with van der Waals surface area (Å²) in [5, 5.41) is 8.51. The van der Waals surface area contributed by atoms with Crippen molar-refractivity contribution in [3.63, 3.8) is 0 Å². The molecule has 1 heterocycles. The summed E-state index contributed by atoms with van der Waals surface area (Å²) in [6.07, 6.45) is 2.49. The Labute approximate surface area is 117 Å². The van der Waals surface area contributed by atoms with Gasteiger partial charge in [-0.2, -0.15) is 4.39 Å². The highest BCUT2D eigenvalue weighted by molar-refractivity contribution is 7.12. The van der Waals surface area contributed by atoms with Crippen molar-refractivity contribution in [2.45, 2.75) is 6.61 Å². The lowest BCUT2D eigenvalue weighted by Crippen LogP contribution is -1.96. The molecule has 0 bridgehead atoms. The van der Waals surface area contributed by atoms with Gasteiger partial charge in [-0.1, -0.05) is 6.07 Å². The number of hydrogen-bond donors (Lipinski definition) is 1. The second-order valence-electron chi connectivity index (χ2n) is 3.82. The van der Waals surface area contributed by atoms with Gasteiger partial charge < -0.3 is 9.84 Å². The van der Waals surface area contributed by atoms with Crippen molar-refractivity contribution in [2.75, 3.05) is 0 Å². The molecule has 0 radical (unpaired) electrons. The van der Waals surface area contributed by atoms with Gasteiger partial charge >= 0.3 is 5.97 Å². The molecule has 0 aliphatic heterocycles. The van der Waals surface area contributed by atoms with Crippen molar-refractivity contribution in [1.82, 2.24) is 0 Å². The standard InChI is InChI=1S/C14H10F2O3S/c15-11-2-1-3-12(14(11)16)19-8-10-5-4-9(20-10)6-7-13(17)18/h1-7H,8H2,(H,17,18). The molecular formula is C14H10F2O3S. The van der Waals surface area contributed by atoms with Gasteiger partial charge in [0, 0.05) is 15.8 Å². The third-order valence-electron chi connectivity index (χ3n) is 2.36. The van der Waals surface area contributed by atoms with Gasteiger partial charge in [-0.05, 0) is 30.3 Å². The molecule has 6 heteroatoms. The number of carboxylic acids is 1. The van der Waals surface area contributed by atoms with Crippen LogP contribution in [0.1, 0.15) is 9.75 Å². The van der Waals surface area contributed by atoms with Crippen molar-refractivity contribution in [1.29, 1.82) is 0 Å². The molecule has 0 spiro atoms. The van der Waals surface area contributed by atoms with E-state index in [0.29, 0.717) is 0 Å². The van der Waals surface area contributed by atoms with Crippen LogP contribution in [-0.4, -0.2) is 11.1 Å². The Morgan fingerprint density at radius 2 is 2.10 bits per heavy atom. The first-order valence-corrected chi connectivity index (χ1v) is 6.44. The van der Waals surface area contributed by atoms with Gasteiger partial charge in [0.1, 0.15) is 6.61 Å². The smallest absolute Gasteiger partial charge is 0.328 e. The zero-order valence-corrected chi connectivity index (χ0v) is 11.0. The molecule has 104 valence electrons. The molecule has 0 aliphatic rings. The number of carboxylic acid groups (broad SMARTS) is 1. The van der Waals surface area contributed by atoms with E-state index in [9.17, 15) is 13.6 Å². The largest absolute Gasteiger partial charge is 0.485 e. The molecule has 0 unspecified atom stereocenters. The van der Waals surface area contributed by atoms with E-state index in [1.165, 1.54) is 29.5 Å². The van der Waals surface area contributed by atoms with Crippen LogP contribution in [0, 0.1) is 11.6 Å². The number of aliphatic carboxylic acids is 1.